The number of rotatable bonds is 3. The van der Waals surface area contributed by atoms with Crippen molar-refractivity contribution in [3.8, 4) is 0 Å². The monoisotopic (exact) mass is 245 g/mol. The summed E-state index contributed by atoms with van der Waals surface area (Å²) in [5, 5.41) is 0. The van der Waals surface area contributed by atoms with Gasteiger partial charge in [-0.05, 0) is 30.0 Å². The van der Waals surface area contributed by atoms with E-state index in [9.17, 15) is 9.59 Å². The summed E-state index contributed by atoms with van der Waals surface area (Å²) in [6.07, 6.45) is 1.98. The van der Waals surface area contributed by atoms with Gasteiger partial charge in [0.15, 0.2) is 0 Å². The van der Waals surface area contributed by atoms with Gasteiger partial charge in [0, 0.05) is 13.0 Å². The summed E-state index contributed by atoms with van der Waals surface area (Å²) in [6.45, 7) is 2.50. The number of hydrogen-bond donors (Lipinski definition) is 1. The van der Waals surface area contributed by atoms with Crippen molar-refractivity contribution in [3.05, 3.63) is 35.4 Å². The fourth-order valence-electron chi connectivity index (χ4n) is 2.41. The summed E-state index contributed by atoms with van der Waals surface area (Å²) in [4.78, 5) is 25.3. The Morgan fingerprint density at radius 1 is 1.56 bits per heavy atom. The molecule has 0 saturated heterocycles. The number of carbonyl (C=O) groups excluding carboxylic acids is 2. The Balaban J connectivity index is 2.35. The standard InChI is InChI=1S/C14H17N2O2/c1-2-5-12(17)16-9-8-10-6-3-4-7-11(10)13(16)14(15)18/h3-4,6,13H,2,5,8-9H2,1H3,(H2,15,18). The maximum atomic E-state index is 12.0. The molecule has 0 aromatic heterocycles. The van der Waals surface area contributed by atoms with Crippen molar-refractivity contribution in [3.63, 3.8) is 0 Å². The van der Waals surface area contributed by atoms with E-state index >= 15 is 0 Å². The molecule has 18 heavy (non-hydrogen) atoms. The van der Waals surface area contributed by atoms with Crippen molar-refractivity contribution in [1.82, 2.24) is 4.90 Å². The second-order valence-electron chi connectivity index (χ2n) is 4.50. The largest absolute Gasteiger partial charge is 0.368 e. The number of nitrogens with two attached hydrogens (primary N) is 1. The molecule has 1 aliphatic heterocycles. The molecular weight excluding hydrogens is 228 g/mol. The number of hydrogen-bond acceptors (Lipinski definition) is 2. The Bertz CT molecular complexity index is 471. The summed E-state index contributed by atoms with van der Waals surface area (Å²) in [7, 11) is 0. The van der Waals surface area contributed by atoms with E-state index in [1.165, 1.54) is 0 Å². The average molecular weight is 245 g/mol. The van der Waals surface area contributed by atoms with E-state index in [0.29, 0.717) is 13.0 Å². The van der Waals surface area contributed by atoms with Crippen molar-refractivity contribution < 1.29 is 9.59 Å². The SMILES string of the molecule is CCCC(=O)N1CCc2ccc[c]c2C1C(N)=O. The molecule has 0 fully saturated rings. The van der Waals surface area contributed by atoms with E-state index in [1.807, 2.05) is 19.1 Å². The highest BCUT2D eigenvalue weighted by Crippen LogP contribution is 2.29. The lowest BCUT2D eigenvalue weighted by Crippen LogP contribution is -2.45. The molecular formula is C14H17N2O2. The summed E-state index contributed by atoms with van der Waals surface area (Å²) in [5.41, 5.74) is 7.26. The molecule has 1 atom stereocenters. The first-order chi connectivity index (χ1) is 8.65. The molecule has 4 heteroatoms. The van der Waals surface area contributed by atoms with Gasteiger partial charge in [-0.25, -0.2) is 0 Å². The van der Waals surface area contributed by atoms with Crippen LogP contribution in [-0.2, 0) is 16.0 Å². The van der Waals surface area contributed by atoms with E-state index in [4.69, 9.17) is 5.73 Å². The van der Waals surface area contributed by atoms with Gasteiger partial charge in [0.1, 0.15) is 6.04 Å². The molecule has 2 N–H and O–H groups in total. The predicted octanol–water partition coefficient (Wildman–Crippen LogP) is 1.20. The van der Waals surface area contributed by atoms with Gasteiger partial charge < -0.3 is 10.6 Å². The molecule has 1 unspecified atom stereocenters. The zero-order chi connectivity index (χ0) is 13.1. The Labute approximate surface area is 107 Å². The Morgan fingerprint density at radius 2 is 2.33 bits per heavy atom. The minimum absolute atomic E-state index is 0.01000. The second kappa shape index (κ2) is 5.21. The molecule has 4 nitrogen and oxygen atoms in total. The highest BCUT2D eigenvalue weighted by molar-refractivity contribution is 5.88. The Morgan fingerprint density at radius 3 is 3.00 bits per heavy atom. The quantitative estimate of drug-likeness (QED) is 0.869. The van der Waals surface area contributed by atoms with Crippen LogP contribution in [0.1, 0.15) is 36.9 Å². The van der Waals surface area contributed by atoms with Crippen LogP contribution in [0.5, 0.6) is 0 Å². The number of primary amides is 1. The van der Waals surface area contributed by atoms with Crippen LogP contribution in [0.25, 0.3) is 0 Å². The van der Waals surface area contributed by atoms with Gasteiger partial charge in [-0.3, -0.25) is 9.59 Å². The summed E-state index contributed by atoms with van der Waals surface area (Å²) in [5.74, 6) is -0.493. The van der Waals surface area contributed by atoms with E-state index in [-0.39, 0.29) is 5.91 Å². The van der Waals surface area contributed by atoms with Crippen LogP contribution in [0, 0.1) is 6.07 Å². The third kappa shape index (κ3) is 2.23. The van der Waals surface area contributed by atoms with Gasteiger partial charge in [-0.2, -0.15) is 0 Å². The van der Waals surface area contributed by atoms with Crippen molar-refractivity contribution in [2.75, 3.05) is 6.54 Å². The lowest BCUT2D eigenvalue weighted by Gasteiger charge is -2.35. The molecule has 0 spiro atoms. The zero-order valence-electron chi connectivity index (χ0n) is 10.5. The maximum absolute atomic E-state index is 12.0. The third-order valence-electron chi connectivity index (χ3n) is 3.24. The first kappa shape index (κ1) is 12.6. The lowest BCUT2D eigenvalue weighted by molar-refractivity contribution is -0.140. The normalized spacial score (nSPS) is 18.3. The molecule has 1 radical (unpaired) electrons. The molecule has 1 heterocycles. The van der Waals surface area contributed by atoms with Crippen molar-refractivity contribution in [2.24, 2.45) is 5.73 Å². The zero-order valence-corrected chi connectivity index (χ0v) is 10.5. The van der Waals surface area contributed by atoms with E-state index in [1.54, 1.807) is 11.0 Å². The van der Waals surface area contributed by atoms with Crippen LogP contribution in [0.15, 0.2) is 18.2 Å². The Kier molecular flexibility index (Phi) is 3.65. The minimum Gasteiger partial charge on any atom is -0.368 e. The number of nitrogens with zero attached hydrogens (tertiary/aromatic N) is 1. The summed E-state index contributed by atoms with van der Waals surface area (Å²) >= 11 is 0. The van der Waals surface area contributed by atoms with Crippen LogP contribution in [0.3, 0.4) is 0 Å². The molecule has 1 aliphatic rings. The van der Waals surface area contributed by atoms with Gasteiger partial charge >= 0.3 is 0 Å². The minimum atomic E-state index is -0.658. The molecule has 0 bridgehead atoms. The highest BCUT2D eigenvalue weighted by Gasteiger charge is 2.33. The van der Waals surface area contributed by atoms with Crippen molar-refractivity contribution in [2.45, 2.75) is 32.2 Å². The second-order valence-corrected chi connectivity index (χ2v) is 4.50. The predicted molar refractivity (Wildman–Crippen MR) is 67.5 cm³/mol. The van der Waals surface area contributed by atoms with Crippen LogP contribution in [-0.4, -0.2) is 23.3 Å². The molecule has 2 rings (SSSR count). The van der Waals surface area contributed by atoms with Crippen LogP contribution < -0.4 is 5.73 Å². The molecule has 95 valence electrons. The number of carbonyl (C=O) groups is 2. The summed E-state index contributed by atoms with van der Waals surface area (Å²) in [6, 6.07) is 8.00. The first-order valence-corrected chi connectivity index (χ1v) is 6.23. The number of amides is 2. The molecule has 1 aromatic carbocycles. The third-order valence-corrected chi connectivity index (χ3v) is 3.24. The topological polar surface area (TPSA) is 63.4 Å². The smallest absolute Gasteiger partial charge is 0.244 e. The van der Waals surface area contributed by atoms with Gasteiger partial charge in [0.25, 0.3) is 0 Å². The fourth-order valence-corrected chi connectivity index (χ4v) is 2.41. The lowest BCUT2D eigenvalue weighted by atomic mass is 9.92. The Hall–Kier alpha value is -1.84. The van der Waals surface area contributed by atoms with Crippen LogP contribution in [0.4, 0.5) is 0 Å². The molecule has 0 aliphatic carbocycles. The van der Waals surface area contributed by atoms with E-state index in [0.717, 1.165) is 24.0 Å². The maximum Gasteiger partial charge on any atom is 0.244 e. The van der Waals surface area contributed by atoms with Gasteiger partial charge in [0.2, 0.25) is 11.8 Å². The van der Waals surface area contributed by atoms with E-state index < -0.39 is 11.9 Å². The van der Waals surface area contributed by atoms with Crippen molar-refractivity contribution >= 4 is 11.8 Å². The van der Waals surface area contributed by atoms with Crippen LogP contribution in [0.2, 0.25) is 0 Å². The molecule has 1 aromatic rings. The van der Waals surface area contributed by atoms with Crippen LogP contribution >= 0.6 is 0 Å². The number of fused-ring (bicyclic) bond motifs is 1. The highest BCUT2D eigenvalue weighted by atomic mass is 16.2. The van der Waals surface area contributed by atoms with Gasteiger partial charge in [-0.1, -0.05) is 25.1 Å². The van der Waals surface area contributed by atoms with Crippen molar-refractivity contribution in [1.29, 1.82) is 0 Å². The molecule has 2 amide bonds. The van der Waals surface area contributed by atoms with E-state index in [2.05, 4.69) is 6.07 Å². The van der Waals surface area contributed by atoms with Gasteiger partial charge in [-0.15, -0.1) is 0 Å². The first-order valence-electron chi connectivity index (χ1n) is 6.23. The number of benzene rings is 1. The van der Waals surface area contributed by atoms with Gasteiger partial charge in [0.05, 0.1) is 0 Å². The fraction of sp³-hybridized carbons (Fsp3) is 0.429. The average Bonchev–Trinajstić information content (AvgIpc) is 2.37. The molecule has 0 saturated carbocycles. The summed E-state index contributed by atoms with van der Waals surface area (Å²) < 4.78 is 0.